The number of amides is 1. The summed E-state index contributed by atoms with van der Waals surface area (Å²) >= 11 is 0. The molecule has 0 unspecified atom stereocenters. The van der Waals surface area contributed by atoms with Crippen LogP contribution >= 0.6 is 0 Å². The average Bonchev–Trinajstić information content (AvgIpc) is 2.53. The predicted octanol–water partition coefficient (Wildman–Crippen LogP) is 2.99. The van der Waals surface area contributed by atoms with Gasteiger partial charge in [0.05, 0.1) is 23.9 Å². The number of hydrogen-bond acceptors (Lipinski definition) is 3. The highest BCUT2D eigenvalue weighted by Crippen LogP contribution is 2.33. The van der Waals surface area contributed by atoms with Crippen LogP contribution in [-0.4, -0.2) is 18.6 Å². The molecule has 2 aromatic carbocycles. The van der Waals surface area contributed by atoms with Gasteiger partial charge in [-0.25, -0.2) is 0 Å². The lowest BCUT2D eigenvalue weighted by Gasteiger charge is -2.33. The van der Waals surface area contributed by atoms with E-state index in [0.717, 1.165) is 11.4 Å². The van der Waals surface area contributed by atoms with Crippen LogP contribution in [0.4, 0.5) is 5.69 Å². The fourth-order valence-electron chi connectivity index (χ4n) is 2.42. The third-order valence-corrected chi connectivity index (χ3v) is 3.43. The molecular weight excluding hydrogens is 264 g/mol. The van der Waals surface area contributed by atoms with Gasteiger partial charge in [-0.1, -0.05) is 12.1 Å². The SMILES string of the molecule is C[C@H]1CN(C(=O)c2ccc(C#N)cc2)c2ccccc2O1. The number of ether oxygens (including phenoxy) is 1. The molecule has 0 radical (unpaired) electrons. The van der Waals surface area contributed by atoms with E-state index in [4.69, 9.17) is 10.00 Å². The molecule has 104 valence electrons. The minimum absolute atomic E-state index is 0.0535. The molecule has 4 heteroatoms. The molecule has 2 aromatic rings. The van der Waals surface area contributed by atoms with E-state index in [0.29, 0.717) is 17.7 Å². The summed E-state index contributed by atoms with van der Waals surface area (Å²) in [5.41, 5.74) is 1.89. The van der Waals surface area contributed by atoms with Gasteiger partial charge in [0.2, 0.25) is 0 Å². The van der Waals surface area contributed by atoms with Crippen LogP contribution in [0.3, 0.4) is 0 Å². The summed E-state index contributed by atoms with van der Waals surface area (Å²) < 4.78 is 5.75. The van der Waals surface area contributed by atoms with E-state index < -0.39 is 0 Å². The Bertz CT molecular complexity index is 716. The van der Waals surface area contributed by atoms with Crippen LogP contribution in [0.1, 0.15) is 22.8 Å². The standard InChI is InChI=1S/C17H14N2O2/c1-12-11-19(15-4-2-3-5-16(15)21-12)17(20)14-8-6-13(10-18)7-9-14/h2-9,12H,11H2,1H3/t12-/m0/s1. The highest BCUT2D eigenvalue weighted by molar-refractivity contribution is 6.07. The molecule has 0 saturated heterocycles. The first-order valence-electron chi connectivity index (χ1n) is 6.77. The first kappa shape index (κ1) is 13.2. The molecule has 21 heavy (non-hydrogen) atoms. The smallest absolute Gasteiger partial charge is 0.258 e. The van der Waals surface area contributed by atoms with Gasteiger partial charge in [-0.2, -0.15) is 5.26 Å². The fourth-order valence-corrected chi connectivity index (χ4v) is 2.42. The predicted molar refractivity (Wildman–Crippen MR) is 79.4 cm³/mol. The summed E-state index contributed by atoms with van der Waals surface area (Å²) in [5, 5.41) is 8.82. The number of rotatable bonds is 1. The monoisotopic (exact) mass is 278 g/mol. The summed E-state index contributed by atoms with van der Waals surface area (Å²) in [6, 6.07) is 16.2. The zero-order chi connectivity index (χ0) is 14.8. The molecular formula is C17H14N2O2. The van der Waals surface area contributed by atoms with E-state index >= 15 is 0 Å². The van der Waals surface area contributed by atoms with Crippen molar-refractivity contribution in [1.29, 1.82) is 5.26 Å². The second-order valence-electron chi connectivity index (χ2n) is 5.00. The molecule has 1 aliphatic heterocycles. The van der Waals surface area contributed by atoms with E-state index in [1.54, 1.807) is 29.2 Å². The van der Waals surface area contributed by atoms with E-state index in [1.807, 2.05) is 31.2 Å². The topological polar surface area (TPSA) is 53.3 Å². The fraction of sp³-hybridized carbons (Fsp3) is 0.176. The van der Waals surface area contributed by atoms with Gasteiger partial charge < -0.3 is 9.64 Å². The van der Waals surface area contributed by atoms with Crippen LogP contribution in [0.2, 0.25) is 0 Å². The summed E-state index contributed by atoms with van der Waals surface area (Å²) in [6.07, 6.45) is -0.0535. The van der Waals surface area contributed by atoms with E-state index in [1.165, 1.54) is 0 Å². The van der Waals surface area contributed by atoms with Crippen molar-refractivity contribution < 1.29 is 9.53 Å². The molecule has 1 aliphatic rings. The largest absolute Gasteiger partial charge is 0.487 e. The van der Waals surface area contributed by atoms with Crippen LogP contribution in [0.15, 0.2) is 48.5 Å². The Labute approximate surface area is 123 Å². The lowest BCUT2D eigenvalue weighted by molar-refractivity contribution is 0.0961. The van der Waals surface area contributed by atoms with Gasteiger partial charge in [0.1, 0.15) is 11.9 Å². The van der Waals surface area contributed by atoms with Gasteiger partial charge in [0.25, 0.3) is 5.91 Å². The zero-order valence-electron chi connectivity index (χ0n) is 11.6. The maximum Gasteiger partial charge on any atom is 0.258 e. The number of hydrogen-bond donors (Lipinski definition) is 0. The van der Waals surface area contributed by atoms with Crippen molar-refractivity contribution in [2.24, 2.45) is 0 Å². The molecule has 1 amide bonds. The first-order valence-corrected chi connectivity index (χ1v) is 6.77. The third-order valence-electron chi connectivity index (χ3n) is 3.43. The summed E-state index contributed by atoms with van der Waals surface area (Å²) in [6.45, 7) is 2.45. The molecule has 4 nitrogen and oxygen atoms in total. The molecule has 1 heterocycles. The van der Waals surface area contributed by atoms with Crippen LogP contribution in [0, 0.1) is 11.3 Å². The number of fused-ring (bicyclic) bond motifs is 1. The van der Waals surface area contributed by atoms with Gasteiger partial charge in [-0.3, -0.25) is 4.79 Å². The zero-order valence-corrected chi connectivity index (χ0v) is 11.6. The van der Waals surface area contributed by atoms with Crippen molar-refractivity contribution in [2.45, 2.75) is 13.0 Å². The van der Waals surface area contributed by atoms with Crippen LogP contribution in [0.25, 0.3) is 0 Å². The van der Waals surface area contributed by atoms with Crippen molar-refractivity contribution in [3.8, 4) is 11.8 Å². The molecule has 0 aromatic heterocycles. The Hall–Kier alpha value is -2.80. The van der Waals surface area contributed by atoms with Crippen molar-refractivity contribution in [3.63, 3.8) is 0 Å². The van der Waals surface area contributed by atoms with Crippen molar-refractivity contribution >= 4 is 11.6 Å². The first-order chi connectivity index (χ1) is 10.2. The van der Waals surface area contributed by atoms with Crippen molar-refractivity contribution in [3.05, 3.63) is 59.7 Å². The molecule has 0 spiro atoms. The van der Waals surface area contributed by atoms with E-state index in [-0.39, 0.29) is 12.0 Å². The van der Waals surface area contributed by atoms with E-state index in [9.17, 15) is 4.79 Å². The minimum Gasteiger partial charge on any atom is -0.487 e. The van der Waals surface area contributed by atoms with Gasteiger partial charge in [-0.05, 0) is 43.3 Å². The molecule has 3 rings (SSSR count). The highest BCUT2D eigenvalue weighted by Gasteiger charge is 2.27. The van der Waals surface area contributed by atoms with Gasteiger partial charge in [-0.15, -0.1) is 0 Å². The normalized spacial score (nSPS) is 16.6. The molecule has 0 N–H and O–H groups in total. The molecule has 0 aliphatic carbocycles. The van der Waals surface area contributed by atoms with Crippen LogP contribution < -0.4 is 9.64 Å². The number of nitrogens with zero attached hydrogens (tertiary/aromatic N) is 2. The van der Waals surface area contributed by atoms with Gasteiger partial charge >= 0.3 is 0 Å². The van der Waals surface area contributed by atoms with Crippen molar-refractivity contribution in [1.82, 2.24) is 0 Å². The summed E-state index contributed by atoms with van der Waals surface area (Å²) in [4.78, 5) is 14.4. The third kappa shape index (κ3) is 2.46. The summed E-state index contributed by atoms with van der Waals surface area (Å²) in [5.74, 6) is 0.639. The number of anilines is 1. The van der Waals surface area contributed by atoms with Gasteiger partial charge in [0, 0.05) is 5.56 Å². The Balaban J connectivity index is 1.96. The quantitative estimate of drug-likeness (QED) is 0.805. The number of carbonyl (C=O) groups excluding carboxylic acids is 1. The number of nitriles is 1. The molecule has 0 bridgehead atoms. The Kier molecular flexibility index (Phi) is 3.33. The molecule has 0 saturated carbocycles. The van der Waals surface area contributed by atoms with Crippen LogP contribution in [-0.2, 0) is 0 Å². The maximum atomic E-state index is 12.7. The molecule has 0 fully saturated rings. The second kappa shape index (κ2) is 5.29. The molecule has 1 atom stereocenters. The lowest BCUT2D eigenvalue weighted by Crippen LogP contribution is -2.42. The number of benzene rings is 2. The van der Waals surface area contributed by atoms with Gasteiger partial charge in [0.15, 0.2) is 0 Å². The maximum absolute atomic E-state index is 12.7. The number of carbonyl (C=O) groups is 1. The van der Waals surface area contributed by atoms with Crippen LogP contribution in [0.5, 0.6) is 5.75 Å². The second-order valence-corrected chi connectivity index (χ2v) is 5.00. The highest BCUT2D eigenvalue weighted by atomic mass is 16.5. The minimum atomic E-state index is -0.0814. The summed E-state index contributed by atoms with van der Waals surface area (Å²) in [7, 11) is 0. The number of para-hydroxylation sites is 2. The Morgan fingerprint density at radius 3 is 2.67 bits per heavy atom. The van der Waals surface area contributed by atoms with Crippen molar-refractivity contribution in [2.75, 3.05) is 11.4 Å². The lowest BCUT2D eigenvalue weighted by atomic mass is 10.1. The Morgan fingerprint density at radius 1 is 1.24 bits per heavy atom. The Morgan fingerprint density at radius 2 is 1.95 bits per heavy atom. The average molecular weight is 278 g/mol. The van der Waals surface area contributed by atoms with E-state index in [2.05, 4.69) is 6.07 Å².